The van der Waals surface area contributed by atoms with Gasteiger partial charge in [0.15, 0.2) is 0 Å². The van der Waals surface area contributed by atoms with Crippen LogP contribution in [-0.4, -0.2) is 22.2 Å². The van der Waals surface area contributed by atoms with Crippen LogP contribution in [0.1, 0.15) is 26.3 Å². The molecule has 20 heavy (non-hydrogen) atoms. The van der Waals surface area contributed by atoms with Crippen LogP contribution in [0.25, 0.3) is 0 Å². The molecule has 0 aliphatic carbocycles. The van der Waals surface area contributed by atoms with Gasteiger partial charge < -0.3 is 14.9 Å². The fraction of sp³-hybridized carbons (Fsp3) is 0.0667. The van der Waals surface area contributed by atoms with Crippen molar-refractivity contribution in [3.05, 3.63) is 59.2 Å². The van der Waals surface area contributed by atoms with Gasteiger partial charge in [-0.2, -0.15) is 0 Å². The summed E-state index contributed by atoms with van der Waals surface area (Å²) in [5, 5.41) is 18.0. The molecular weight excluding hydrogens is 260 g/mol. The fourth-order valence-corrected chi connectivity index (χ4v) is 1.77. The lowest BCUT2D eigenvalue weighted by Gasteiger charge is -2.08. The van der Waals surface area contributed by atoms with Crippen LogP contribution in [-0.2, 0) is 0 Å². The molecule has 2 N–H and O–H groups in total. The first-order chi connectivity index (χ1) is 9.47. The van der Waals surface area contributed by atoms with Crippen LogP contribution in [0, 0.1) is 6.92 Å². The van der Waals surface area contributed by atoms with E-state index in [2.05, 4.69) is 0 Å². The number of carbonyl (C=O) groups is 2. The first-order valence-electron chi connectivity index (χ1n) is 5.82. The summed E-state index contributed by atoms with van der Waals surface area (Å²) in [5.41, 5.74) is 0.430. The summed E-state index contributed by atoms with van der Waals surface area (Å²) in [4.78, 5) is 22.0. The third-order valence-electron chi connectivity index (χ3n) is 2.68. The highest BCUT2D eigenvalue weighted by Crippen LogP contribution is 2.25. The van der Waals surface area contributed by atoms with Gasteiger partial charge in [-0.25, -0.2) is 9.59 Å². The average molecular weight is 272 g/mol. The molecule has 0 radical (unpaired) electrons. The first kappa shape index (κ1) is 13.6. The van der Waals surface area contributed by atoms with E-state index in [0.717, 1.165) is 5.56 Å². The smallest absolute Gasteiger partial charge is 0.336 e. The lowest BCUT2D eigenvalue weighted by atomic mass is 10.1. The summed E-state index contributed by atoms with van der Waals surface area (Å²) >= 11 is 0. The van der Waals surface area contributed by atoms with E-state index in [1.165, 1.54) is 18.2 Å². The summed E-state index contributed by atoms with van der Waals surface area (Å²) in [6.45, 7) is 1.91. The van der Waals surface area contributed by atoms with Crippen LogP contribution in [0.5, 0.6) is 11.5 Å². The van der Waals surface area contributed by atoms with Gasteiger partial charge in [-0.1, -0.05) is 12.1 Å². The molecule has 0 atom stereocenters. The Hall–Kier alpha value is -2.82. The predicted octanol–water partition coefficient (Wildman–Crippen LogP) is 3.18. The minimum Gasteiger partial charge on any atom is -0.478 e. The van der Waals surface area contributed by atoms with Gasteiger partial charge in [-0.05, 0) is 42.8 Å². The highest BCUT2D eigenvalue weighted by Gasteiger charge is 2.17. The second-order valence-electron chi connectivity index (χ2n) is 4.24. The molecule has 0 bridgehead atoms. The molecule has 2 aromatic rings. The molecule has 0 spiro atoms. The maximum Gasteiger partial charge on any atom is 0.336 e. The Balaban J connectivity index is 2.36. The Kier molecular flexibility index (Phi) is 3.70. The number of carboxylic acid groups (broad SMARTS) is 2. The monoisotopic (exact) mass is 272 g/mol. The van der Waals surface area contributed by atoms with Crippen molar-refractivity contribution in [3.63, 3.8) is 0 Å². The largest absolute Gasteiger partial charge is 0.478 e. The Morgan fingerprint density at radius 3 is 2.15 bits per heavy atom. The Labute approximate surface area is 115 Å². The molecule has 5 nitrogen and oxygen atoms in total. The normalized spacial score (nSPS) is 10.1. The zero-order valence-electron chi connectivity index (χ0n) is 10.7. The summed E-state index contributed by atoms with van der Waals surface area (Å²) in [7, 11) is 0. The van der Waals surface area contributed by atoms with Crippen LogP contribution in [0.15, 0.2) is 42.5 Å². The van der Waals surface area contributed by atoms with E-state index in [0.29, 0.717) is 5.75 Å². The van der Waals surface area contributed by atoms with Gasteiger partial charge in [-0.3, -0.25) is 0 Å². The molecule has 0 aromatic heterocycles. The minimum atomic E-state index is -1.31. The highest BCUT2D eigenvalue weighted by atomic mass is 16.5. The first-order valence-corrected chi connectivity index (χ1v) is 5.82. The van der Waals surface area contributed by atoms with Crippen LogP contribution in [0.4, 0.5) is 0 Å². The zero-order valence-corrected chi connectivity index (χ0v) is 10.7. The third kappa shape index (κ3) is 2.95. The fourth-order valence-electron chi connectivity index (χ4n) is 1.77. The van der Waals surface area contributed by atoms with E-state index in [-0.39, 0.29) is 16.9 Å². The van der Waals surface area contributed by atoms with Gasteiger partial charge in [0.1, 0.15) is 11.5 Å². The van der Waals surface area contributed by atoms with Gasteiger partial charge in [0.25, 0.3) is 0 Å². The number of benzene rings is 2. The molecule has 0 saturated heterocycles. The van der Waals surface area contributed by atoms with Crippen molar-refractivity contribution < 1.29 is 24.5 Å². The van der Waals surface area contributed by atoms with E-state index in [1.807, 2.05) is 19.1 Å². The quantitative estimate of drug-likeness (QED) is 0.893. The lowest BCUT2D eigenvalue weighted by Crippen LogP contribution is -2.07. The Bertz CT molecular complexity index is 676. The maximum atomic E-state index is 11.1. The molecule has 2 rings (SSSR count). The number of ether oxygens (including phenoxy) is 1. The van der Waals surface area contributed by atoms with E-state index >= 15 is 0 Å². The van der Waals surface area contributed by atoms with Crippen LogP contribution in [0.2, 0.25) is 0 Å². The average Bonchev–Trinajstić information content (AvgIpc) is 2.38. The molecule has 0 heterocycles. The topological polar surface area (TPSA) is 83.8 Å². The van der Waals surface area contributed by atoms with Crippen molar-refractivity contribution in [2.75, 3.05) is 0 Å². The lowest BCUT2D eigenvalue weighted by molar-refractivity contribution is 0.0651. The van der Waals surface area contributed by atoms with Crippen molar-refractivity contribution in [2.24, 2.45) is 0 Å². The van der Waals surface area contributed by atoms with E-state index < -0.39 is 11.9 Å². The van der Waals surface area contributed by atoms with Crippen LogP contribution >= 0.6 is 0 Å². The van der Waals surface area contributed by atoms with Gasteiger partial charge in [0, 0.05) is 0 Å². The number of hydrogen-bond acceptors (Lipinski definition) is 3. The summed E-state index contributed by atoms with van der Waals surface area (Å²) < 4.78 is 5.53. The van der Waals surface area contributed by atoms with Gasteiger partial charge in [0.05, 0.1) is 11.1 Å². The van der Waals surface area contributed by atoms with Crippen molar-refractivity contribution in [1.29, 1.82) is 0 Å². The van der Waals surface area contributed by atoms with E-state index in [4.69, 9.17) is 14.9 Å². The standard InChI is InChI=1S/C15H12O5/c1-9-3-2-4-10(7-9)20-11-5-6-12(14(16)17)13(8-11)15(18)19/h2-8H,1H3,(H,16,17)(H,18,19). The maximum absolute atomic E-state index is 11.1. The Morgan fingerprint density at radius 1 is 0.900 bits per heavy atom. The molecule has 0 aliphatic rings. The van der Waals surface area contributed by atoms with Gasteiger partial charge in [-0.15, -0.1) is 0 Å². The van der Waals surface area contributed by atoms with Crippen molar-refractivity contribution in [1.82, 2.24) is 0 Å². The van der Waals surface area contributed by atoms with E-state index in [9.17, 15) is 9.59 Å². The molecule has 0 aliphatic heterocycles. The second kappa shape index (κ2) is 5.44. The van der Waals surface area contributed by atoms with Crippen molar-refractivity contribution >= 4 is 11.9 Å². The second-order valence-corrected chi connectivity index (χ2v) is 4.24. The molecule has 5 heteroatoms. The molecule has 0 amide bonds. The molecule has 0 unspecified atom stereocenters. The molecule has 2 aromatic carbocycles. The number of hydrogen-bond donors (Lipinski definition) is 2. The molecular formula is C15H12O5. The van der Waals surface area contributed by atoms with E-state index in [1.54, 1.807) is 12.1 Å². The number of aromatic carboxylic acids is 2. The zero-order chi connectivity index (χ0) is 14.7. The highest BCUT2D eigenvalue weighted by molar-refractivity contribution is 6.02. The number of aryl methyl sites for hydroxylation is 1. The minimum absolute atomic E-state index is 0.269. The number of rotatable bonds is 4. The summed E-state index contributed by atoms with van der Waals surface area (Å²) in [6, 6.07) is 11.1. The van der Waals surface area contributed by atoms with Crippen molar-refractivity contribution in [3.8, 4) is 11.5 Å². The SMILES string of the molecule is Cc1cccc(Oc2ccc(C(=O)O)c(C(=O)O)c2)c1. The molecule has 0 saturated carbocycles. The predicted molar refractivity (Wildman–Crippen MR) is 71.6 cm³/mol. The van der Waals surface area contributed by atoms with Gasteiger partial charge >= 0.3 is 11.9 Å². The van der Waals surface area contributed by atoms with Crippen molar-refractivity contribution in [2.45, 2.75) is 6.92 Å². The summed E-state index contributed by atoms with van der Waals surface area (Å²) in [6.07, 6.45) is 0. The third-order valence-corrected chi connectivity index (χ3v) is 2.68. The number of carboxylic acids is 2. The van der Waals surface area contributed by atoms with Crippen LogP contribution in [0.3, 0.4) is 0 Å². The van der Waals surface area contributed by atoms with Crippen LogP contribution < -0.4 is 4.74 Å². The van der Waals surface area contributed by atoms with Gasteiger partial charge in [0.2, 0.25) is 0 Å². The molecule has 102 valence electrons. The summed E-state index contributed by atoms with van der Waals surface area (Å²) in [5.74, 6) is -1.76. The Morgan fingerprint density at radius 2 is 1.55 bits per heavy atom. The molecule has 0 fully saturated rings.